The van der Waals surface area contributed by atoms with Crippen molar-refractivity contribution in [1.29, 1.82) is 0 Å². The quantitative estimate of drug-likeness (QED) is 0.463. The second kappa shape index (κ2) is 4.28. The minimum Gasteiger partial charge on any atom is -0.394 e. The lowest BCUT2D eigenvalue weighted by Gasteiger charge is -2.24. The molecule has 1 fully saturated rings. The first-order chi connectivity index (χ1) is 8.40. The number of halogens is 1. The van der Waals surface area contributed by atoms with Gasteiger partial charge in [-0.1, -0.05) is 0 Å². The Bertz CT molecular complexity index is 509. The van der Waals surface area contributed by atoms with Crippen LogP contribution >= 0.6 is 0 Å². The Morgan fingerprint density at radius 1 is 1.61 bits per heavy atom. The van der Waals surface area contributed by atoms with Crippen molar-refractivity contribution >= 4 is 5.82 Å². The number of aliphatic hydroxyl groups is 3. The molecule has 1 saturated heterocycles. The average Bonchev–Trinajstić information content (AvgIpc) is 2.54. The Labute approximate surface area is 100 Å². The number of alkyl halides is 1. The zero-order valence-corrected chi connectivity index (χ0v) is 9.10. The van der Waals surface area contributed by atoms with Crippen LogP contribution in [-0.4, -0.2) is 49.8 Å². The van der Waals surface area contributed by atoms with Crippen LogP contribution in [0.15, 0.2) is 17.1 Å². The van der Waals surface area contributed by atoms with E-state index in [1.165, 1.54) is 0 Å². The maximum atomic E-state index is 14.5. The number of aliphatic hydroxyl groups excluding tert-OH is 3. The third-order valence-corrected chi connectivity index (χ3v) is 2.72. The Kier molecular flexibility index (Phi) is 3.07. The van der Waals surface area contributed by atoms with Crippen LogP contribution in [0.2, 0.25) is 0 Å². The fourth-order valence-electron chi connectivity index (χ4n) is 1.76. The number of nitrogen functional groups attached to an aromatic ring is 1. The number of ether oxygens (including phenoxy) is 1. The predicted octanol–water partition coefficient (Wildman–Crippen LogP) is -2.48. The summed E-state index contributed by atoms with van der Waals surface area (Å²) >= 11 is 0. The van der Waals surface area contributed by atoms with E-state index in [9.17, 15) is 19.4 Å². The van der Waals surface area contributed by atoms with E-state index in [2.05, 4.69) is 4.98 Å². The van der Waals surface area contributed by atoms with Crippen LogP contribution in [0.3, 0.4) is 0 Å². The molecule has 8 nitrogen and oxygen atoms in total. The van der Waals surface area contributed by atoms with E-state index in [0.717, 1.165) is 12.3 Å². The van der Waals surface area contributed by atoms with Crippen molar-refractivity contribution in [1.82, 2.24) is 9.55 Å². The van der Waals surface area contributed by atoms with E-state index in [1.54, 1.807) is 0 Å². The highest BCUT2D eigenvalue weighted by Gasteiger charge is 2.57. The lowest BCUT2D eigenvalue weighted by Crippen LogP contribution is -2.47. The summed E-state index contributed by atoms with van der Waals surface area (Å²) < 4.78 is 19.5. The lowest BCUT2D eigenvalue weighted by atomic mass is 10.1. The first-order valence-corrected chi connectivity index (χ1v) is 5.09. The van der Waals surface area contributed by atoms with Crippen molar-refractivity contribution in [2.45, 2.75) is 24.3 Å². The number of rotatable bonds is 2. The topological polar surface area (TPSA) is 131 Å². The van der Waals surface area contributed by atoms with Gasteiger partial charge in [-0.3, -0.25) is 0 Å². The minimum atomic E-state index is -3.00. The normalized spacial score (nSPS) is 35.9. The number of nitrogens with two attached hydrogens (primary N) is 1. The first-order valence-electron chi connectivity index (χ1n) is 5.09. The molecule has 0 saturated carbocycles. The van der Waals surface area contributed by atoms with Crippen LogP contribution in [0, 0.1) is 0 Å². The highest BCUT2D eigenvalue weighted by Crippen LogP contribution is 2.35. The Hall–Kier alpha value is -1.55. The van der Waals surface area contributed by atoms with E-state index in [1.807, 2.05) is 0 Å². The number of hydrogen-bond acceptors (Lipinski definition) is 7. The van der Waals surface area contributed by atoms with E-state index in [0.29, 0.717) is 4.57 Å². The Balaban J connectivity index is 2.46. The molecule has 0 bridgehead atoms. The fourth-order valence-corrected chi connectivity index (χ4v) is 1.76. The molecular formula is C9H12FN3O5. The predicted molar refractivity (Wildman–Crippen MR) is 56.0 cm³/mol. The second-order valence-electron chi connectivity index (χ2n) is 3.89. The monoisotopic (exact) mass is 261 g/mol. The largest absolute Gasteiger partial charge is 0.394 e. The molecule has 1 aromatic heterocycles. The molecule has 1 aliphatic heterocycles. The number of anilines is 1. The summed E-state index contributed by atoms with van der Waals surface area (Å²) in [5, 5.41) is 27.9. The minimum absolute atomic E-state index is 0.119. The molecule has 2 rings (SSSR count). The summed E-state index contributed by atoms with van der Waals surface area (Å²) in [6.07, 6.45) is -4.09. The van der Waals surface area contributed by atoms with Gasteiger partial charge in [0.25, 0.3) is 0 Å². The molecule has 0 unspecified atom stereocenters. The van der Waals surface area contributed by atoms with E-state index >= 15 is 0 Å². The maximum Gasteiger partial charge on any atom is 0.354 e. The van der Waals surface area contributed by atoms with Crippen LogP contribution in [0.5, 0.6) is 0 Å². The summed E-state index contributed by atoms with van der Waals surface area (Å²) in [6, 6.07) is 1.14. The van der Waals surface area contributed by atoms with Gasteiger partial charge >= 0.3 is 11.7 Å². The van der Waals surface area contributed by atoms with E-state index in [4.69, 9.17) is 15.6 Å². The van der Waals surface area contributed by atoms with Crippen LogP contribution in [0.4, 0.5) is 10.2 Å². The summed E-state index contributed by atoms with van der Waals surface area (Å²) in [7, 11) is 0. The highest BCUT2D eigenvalue weighted by atomic mass is 19.2. The molecule has 0 amide bonds. The van der Waals surface area contributed by atoms with Gasteiger partial charge in [0.05, 0.1) is 6.61 Å². The molecule has 9 heteroatoms. The Morgan fingerprint density at radius 3 is 2.78 bits per heavy atom. The molecule has 5 N–H and O–H groups in total. The van der Waals surface area contributed by atoms with Gasteiger partial charge in [0, 0.05) is 6.20 Å². The Morgan fingerprint density at radius 2 is 2.28 bits per heavy atom. The van der Waals surface area contributed by atoms with Gasteiger partial charge in [-0.25, -0.2) is 9.36 Å². The van der Waals surface area contributed by atoms with Gasteiger partial charge in [-0.05, 0) is 6.07 Å². The van der Waals surface area contributed by atoms with Gasteiger partial charge in [0.2, 0.25) is 0 Å². The first kappa shape index (κ1) is 12.9. The van der Waals surface area contributed by atoms with Gasteiger partial charge in [0.15, 0.2) is 6.10 Å². The zero-order valence-electron chi connectivity index (χ0n) is 9.10. The van der Waals surface area contributed by atoms with E-state index < -0.39 is 36.6 Å². The highest BCUT2D eigenvalue weighted by molar-refractivity contribution is 5.23. The molecular weight excluding hydrogens is 249 g/mol. The molecule has 1 aliphatic rings. The lowest BCUT2D eigenvalue weighted by molar-refractivity contribution is -0.239. The molecule has 0 spiro atoms. The third-order valence-electron chi connectivity index (χ3n) is 2.72. The van der Waals surface area contributed by atoms with Gasteiger partial charge < -0.3 is 25.8 Å². The van der Waals surface area contributed by atoms with Gasteiger partial charge in [-0.2, -0.15) is 9.37 Å². The maximum absolute atomic E-state index is 14.5. The van der Waals surface area contributed by atoms with Gasteiger partial charge in [0.1, 0.15) is 18.0 Å². The SMILES string of the molecule is Nc1ccn([C@]2(F)O[C@H](CO)[C@@H](O)[C@H]2O)c(=O)n1. The molecule has 1 aromatic rings. The number of hydrogen-bond donors (Lipinski definition) is 4. The van der Waals surface area contributed by atoms with Crippen LogP contribution in [0.25, 0.3) is 0 Å². The van der Waals surface area contributed by atoms with Crippen LogP contribution < -0.4 is 11.4 Å². The summed E-state index contributed by atoms with van der Waals surface area (Å²) in [5.74, 6) is -3.11. The van der Waals surface area contributed by atoms with Crippen molar-refractivity contribution in [2.75, 3.05) is 12.3 Å². The molecule has 2 heterocycles. The van der Waals surface area contributed by atoms with Crippen LogP contribution in [-0.2, 0) is 10.7 Å². The molecule has 0 aromatic carbocycles. The smallest absolute Gasteiger partial charge is 0.354 e. The fraction of sp³-hybridized carbons (Fsp3) is 0.556. The molecule has 0 radical (unpaired) electrons. The average molecular weight is 261 g/mol. The zero-order chi connectivity index (χ0) is 13.5. The van der Waals surface area contributed by atoms with Crippen molar-refractivity contribution in [3.05, 3.63) is 22.7 Å². The van der Waals surface area contributed by atoms with E-state index in [-0.39, 0.29) is 5.82 Å². The molecule has 100 valence electrons. The summed E-state index contributed by atoms with van der Waals surface area (Å²) in [4.78, 5) is 14.8. The second-order valence-corrected chi connectivity index (χ2v) is 3.89. The van der Waals surface area contributed by atoms with Crippen molar-refractivity contribution in [2.24, 2.45) is 0 Å². The number of nitrogens with zero attached hydrogens (tertiary/aromatic N) is 2. The van der Waals surface area contributed by atoms with Crippen LogP contribution in [0.1, 0.15) is 0 Å². The number of aromatic nitrogens is 2. The molecule has 18 heavy (non-hydrogen) atoms. The summed E-state index contributed by atoms with van der Waals surface area (Å²) in [6.45, 7) is -0.707. The summed E-state index contributed by atoms with van der Waals surface area (Å²) in [5.41, 5.74) is 4.16. The van der Waals surface area contributed by atoms with Crippen molar-refractivity contribution < 1.29 is 24.4 Å². The molecule has 0 aliphatic carbocycles. The van der Waals surface area contributed by atoms with Gasteiger partial charge in [-0.15, -0.1) is 0 Å². The van der Waals surface area contributed by atoms with Crippen molar-refractivity contribution in [3.8, 4) is 0 Å². The third kappa shape index (κ3) is 1.77. The van der Waals surface area contributed by atoms with Crippen molar-refractivity contribution in [3.63, 3.8) is 0 Å². The molecule has 4 atom stereocenters. The standard InChI is InChI=1S/C9H12FN3O5/c10-9(7(16)6(15)4(3-14)18-9)13-2-1-5(11)12-8(13)17/h1-2,4,6-7,14-16H,3H2,(H2,11,12,17)/t4-,6-,7-,9+/m1/s1.